The highest BCUT2D eigenvalue weighted by Gasteiger charge is 2.19. The second kappa shape index (κ2) is 8.86. The fourth-order valence-electron chi connectivity index (χ4n) is 3.20. The average Bonchev–Trinajstić information content (AvgIpc) is 2.98. The number of aliphatic carboxylic acids is 1. The van der Waals surface area contributed by atoms with Gasteiger partial charge in [0, 0.05) is 42.0 Å². The molecular formula is C20H21ClN2O4S. The van der Waals surface area contributed by atoms with E-state index in [0.717, 1.165) is 16.0 Å². The first-order valence-corrected chi connectivity index (χ1v) is 10.1. The van der Waals surface area contributed by atoms with Crippen LogP contribution in [0.2, 0.25) is 5.02 Å². The molecular weight excluding hydrogens is 400 g/mol. The molecule has 1 N–H and O–H groups in total. The number of hydrogen-bond donors (Lipinski definition) is 1. The molecule has 0 saturated heterocycles. The number of aryl methyl sites for hydroxylation is 1. The maximum atomic E-state index is 13.4. The summed E-state index contributed by atoms with van der Waals surface area (Å²) < 4.78 is 6.74. The Balaban J connectivity index is 2.16. The van der Waals surface area contributed by atoms with Crippen LogP contribution in [0.25, 0.3) is 21.3 Å². The van der Waals surface area contributed by atoms with Crippen molar-refractivity contribution in [2.75, 3.05) is 13.7 Å². The van der Waals surface area contributed by atoms with Crippen molar-refractivity contribution < 1.29 is 14.6 Å². The Morgan fingerprint density at radius 2 is 2.04 bits per heavy atom. The summed E-state index contributed by atoms with van der Waals surface area (Å²) in [5, 5.41) is 10.1. The number of hydrogen-bond acceptors (Lipinski definition) is 5. The Morgan fingerprint density at radius 1 is 1.32 bits per heavy atom. The van der Waals surface area contributed by atoms with Crippen molar-refractivity contribution in [3.05, 3.63) is 50.3 Å². The number of methoxy groups -OCH3 is 1. The smallest absolute Gasteiger partial charge is 0.303 e. The van der Waals surface area contributed by atoms with E-state index < -0.39 is 5.97 Å². The van der Waals surface area contributed by atoms with Crippen LogP contribution in [-0.2, 0) is 22.5 Å². The number of halogens is 1. The van der Waals surface area contributed by atoms with Crippen molar-refractivity contribution in [1.29, 1.82) is 0 Å². The first kappa shape index (κ1) is 20.5. The van der Waals surface area contributed by atoms with Crippen LogP contribution in [0.15, 0.2) is 29.1 Å². The van der Waals surface area contributed by atoms with Gasteiger partial charge in [0.05, 0.1) is 12.0 Å². The summed E-state index contributed by atoms with van der Waals surface area (Å²) in [5.41, 5.74) is 1.63. The lowest BCUT2D eigenvalue weighted by Gasteiger charge is -2.12. The number of aromatic nitrogens is 2. The molecule has 148 valence electrons. The van der Waals surface area contributed by atoms with Crippen LogP contribution in [0.1, 0.15) is 23.5 Å². The third-order valence-corrected chi connectivity index (χ3v) is 5.75. The van der Waals surface area contributed by atoms with E-state index in [-0.39, 0.29) is 12.0 Å². The number of benzene rings is 1. The van der Waals surface area contributed by atoms with E-state index in [2.05, 4.69) is 0 Å². The third-order valence-electron chi connectivity index (χ3n) is 4.50. The highest BCUT2D eigenvalue weighted by atomic mass is 35.5. The first-order chi connectivity index (χ1) is 13.4. The van der Waals surface area contributed by atoms with Gasteiger partial charge in [-0.3, -0.25) is 14.2 Å². The standard InChI is InChI=1S/C20H21ClN2O4S/c1-12-17(13-5-7-14(21)8-6-13)18-19(28-12)22-15(9-11-27-2)23(20(18)26)10-3-4-16(24)25/h5-8H,3-4,9-11H2,1-2H3,(H,24,25). The summed E-state index contributed by atoms with van der Waals surface area (Å²) in [4.78, 5) is 30.7. The molecule has 0 spiro atoms. The SMILES string of the molecule is COCCc1nc2sc(C)c(-c3ccc(Cl)cc3)c2c(=O)n1CCCC(=O)O. The van der Waals surface area contributed by atoms with Gasteiger partial charge in [0.2, 0.25) is 0 Å². The van der Waals surface area contributed by atoms with Crippen LogP contribution in [-0.4, -0.2) is 34.3 Å². The molecule has 28 heavy (non-hydrogen) atoms. The second-order valence-corrected chi connectivity index (χ2v) is 8.08. The number of rotatable bonds is 8. The van der Waals surface area contributed by atoms with E-state index in [4.69, 9.17) is 26.4 Å². The first-order valence-electron chi connectivity index (χ1n) is 8.92. The van der Waals surface area contributed by atoms with Crippen LogP contribution in [0.3, 0.4) is 0 Å². The van der Waals surface area contributed by atoms with Gasteiger partial charge in [-0.25, -0.2) is 4.98 Å². The fraction of sp³-hybridized carbons (Fsp3) is 0.350. The molecule has 3 aromatic rings. The number of carboxylic acids is 1. The van der Waals surface area contributed by atoms with Gasteiger partial charge in [0.25, 0.3) is 5.56 Å². The van der Waals surface area contributed by atoms with Crippen molar-refractivity contribution in [2.45, 2.75) is 32.7 Å². The van der Waals surface area contributed by atoms with Gasteiger partial charge in [-0.15, -0.1) is 11.3 Å². The number of nitrogens with zero attached hydrogens (tertiary/aromatic N) is 2. The quantitative estimate of drug-likeness (QED) is 0.592. The van der Waals surface area contributed by atoms with Crippen LogP contribution in [0.4, 0.5) is 0 Å². The maximum absolute atomic E-state index is 13.4. The number of ether oxygens (including phenoxy) is 1. The van der Waals surface area contributed by atoms with E-state index in [9.17, 15) is 9.59 Å². The van der Waals surface area contributed by atoms with Gasteiger partial charge >= 0.3 is 5.97 Å². The summed E-state index contributed by atoms with van der Waals surface area (Å²) in [6, 6.07) is 7.38. The lowest BCUT2D eigenvalue weighted by molar-refractivity contribution is -0.137. The van der Waals surface area contributed by atoms with Gasteiger partial charge < -0.3 is 9.84 Å². The normalized spacial score (nSPS) is 11.2. The summed E-state index contributed by atoms with van der Waals surface area (Å²) in [6.45, 7) is 2.71. The Morgan fingerprint density at radius 3 is 2.68 bits per heavy atom. The van der Waals surface area contributed by atoms with Crippen LogP contribution in [0.5, 0.6) is 0 Å². The van der Waals surface area contributed by atoms with E-state index >= 15 is 0 Å². The van der Waals surface area contributed by atoms with Crippen molar-refractivity contribution in [2.24, 2.45) is 0 Å². The van der Waals surface area contributed by atoms with Crippen molar-refractivity contribution in [3.63, 3.8) is 0 Å². The molecule has 2 heterocycles. The largest absolute Gasteiger partial charge is 0.481 e. The van der Waals surface area contributed by atoms with Gasteiger partial charge in [0.15, 0.2) is 0 Å². The lowest BCUT2D eigenvalue weighted by Crippen LogP contribution is -2.26. The summed E-state index contributed by atoms with van der Waals surface area (Å²) in [5.74, 6) is -0.262. The molecule has 8 heteroatoms. The van der Waals surface area contributed by atoms with Gasteiger partial charge in [0.1, 0.15) is 10.7 Å². The summed E-state index contributed by atoms with van der Waals surface area (Å²) in [6.07, 6.45) is 0.852. The minimum absolute atomic E-state index is 0.000894. The molecule has 6 nitrogen and oxygen atoms in total. The summed E-state index contributed by atoms with van der Waals surface area (Å²) >= 11 is 7.49. The molecule has 0 atom stereocenters. The monoisotopic (exact) mass is 420 g/mol. The van der Waals surface area contributed by atoms with Crippen molar-refractivity contribution in [3.8, 4) is 11.1 Å². The Kier molecular flexibility index (Phi) is 6.49. The molecule has 0 amide bonds. The molecule has 0 saturated carbocycles. The zero-order valence-corrected chi connectivity index (χ0v) is 17.3. The Hall–Kier alpha value is -2.22. The van der Waals surface area contributed by atoms with E-state index in [1.807, 2.05) is 19.1 Å². The van der Waals surface area contributed by atoms with Crippen LogP contribution < -0.4 is 5.56 Å². The molecule has 2 aromatic heterocycles. The lowest BCUT2D eigenvalue weighted by atomic mass is 10.0. The Labute approximate surface area is 171 Å². The van der Waals surface area contributed by atoms with Crippen molar-refractivity contribution >= 4 is 39.1 Å². The third kappa shape index (κ3) is 4.27. The van der Waals surface area contributed by atoms with E-state index in [1.165, 1.54) is 11.3 Å². The van der Waals surface area contributed by atoms with E-state index in [1.54, 1.807) is 23.8 Å². The molecule has 0 radical (unpaired) electrons. The molecule has 0 bridgehead atoms. The molecule has 3 rings (SSSR count). The predicted molar refractivity (Wildman–Crippen MR) is 112 cm³/mol. The Bertz CT molecular complexity index is 1060. The molecule has 0 unspecified atom stereocenters. The number of fused-ring (bicyclic) bond motifs is 1. The highest BCUT2D eigenvalue weighted by molar-refractivity contribution is 7.19. The average molecular weight is 421 g/mol. The fourth-order valence-corrected chi connectivity index (χ4v) is 4.38. The molecule has 0 fully saturated rings. The van der Waals surface area contributed by atoms with E-state index in [0.29, 0.717) is 47.1 Å². The topological polar surface area (TPSA) is 81.4 Å². The summed E-state index contributed by atoms with van der Waals surface area (Å²) in [7, 11) is 1.60. The van der Waals surface area contributed by atoms with Crippen LogP contribution >= 0.6 is 22.9 Å². The minimum atomic E-state index is -0.881. The number of thiophene rings is 1. The second-order valence-electron chi connectivity index (χ2n) is 6.45. The number of carboxylic acid groups (broad SMARTS) is 1. The van der Waals surface area contributed by atoms with Crippen molar-refractivity contribution in [1.82, 2.24) is 9.55 Å². The predicted octanol–water partition coefficient (Wildman–Crippen LogP) is 4.14. The van der Waals surface area contributed by atoms with Gasteiger partial charge in [-0.2, -0.15) is 0 Å². The van der Waals surface area contributed by atoms with Gasteiger partial charge in [-0.1, -0.05) is 23.7 Å². The molecule has 1 aromatic carbocycles. The number of carbonyl (C=O) groups is 1. The highest BCUT2D eigenvalue weighted by Crippen LogP contribution is 2.36. The molecule has 0 aliphatic rings. The maximum Gasteiger partial charge on any atom is 0.303 e. The van der Waals surface area contributed by atoms with Gasteiger partial charge in [-0.05, 0) is 31.0 Å². The minimum Gasteiger partial charge on any atom is -0.481 e. The zero-order chi connectivity index (χ0) is 20.3. The van der Waals surface area contributed by atoms with Crippen LogP contribution in [0, 0.1) is 6.92 Å². The molecule has 0 aliphatic heterocycles. The zero-order valence-electron chi connectivity index (χ0n) is 15.7. The molecule has 0 aliphatic carbocycles.